The molecule has 0 aromatic heterocycles. The first kappa shape index (κ1) is 15.7. The molecule has 6 heavy (non-hydrogen) atoms. The Morgan fingerprint density at radius 1 is 1.17 bits per heavy atom. The van der Waals surface area contributed by atoms with Crippen LogP contribution in [0, 0.1) is 0 Å². The van der Waals surface area contributed by atoms with E-state index in [2.05, 4.69) is 0 Å². The Balaban J connectivity index is -0.0000000225. The summed E-state index contributed by atoms with van der Waals surface area (Å²) < 4.78 is 24.8. The molecule has 31 valence electrons. The molecule has 0 N–H and O–H groups in total. The number of hydrogen-bond acceptors (Lipinski definition) is 3. The summed E-state index contributed by atoms with van der Waals surface area (Å²) in [5, 5.41) is 0. The fraction of sp³-hybridized carbons (Fsp3) is 0. The minimum absolute atomic E-state index is 0.500. The predicted molar refractivity (Wildman–Crippen MR) is 9.21 cm³/mol. The molecule has 0 unspecified atom stereocenters. The van der Waals surface area contributed by atoms with E-state index in [-0.39, 0.29) is 0 Å². The van der Waals surface area contributed by atoms with E-state index in [1.54, 1.807) is 0 Å². The molecule has 0 aromatic rings. The van der Waals surface area contributed by atoms with Crippen LogP contribution in [0.1, 0.15) is 0 Å². The van der Waals surface area contributed by atoms with E-state index in [9.17, 15) is 0 Å². The molecule has 0 aliphatic carbocycles. The van der Waals surface area contributed by atoms with Gasteiger partial charge in [0.25, 0.3) is 0 Å². The van der Waals surface area contributed by atoms with E-state index >= 15 is 0 Å². The van der Waals surface area contributed by atoms with E-state index in [1.165, 1.54) is 0 Å². The van der Waals surface area contributed by atoms with Gasteiger partial charge in [-0.3, -0.25) is 0 Å². The van der Waals surface area contributed by atoms with Crippen LogP contribution in [-0.2, 0) is 51.8 Å². The third kappa shape index (κ3) is 53.9. The Hall–Kier alpha value is 1.39. The van der Waals surface area contributed by atoms with Crippen LogP contribution in [-0.4, -0.2) is 16.2 Å². The van der Waals surface area contributed by atoms with Gasteiger partial charge in [-0.1, -0.05) is 0 Å². The Morgan fingerprint density at radius 3 is 1.17 bits per heavy atom. The SMILES string of the molecule is [O]=[AlH].[O]=[Nb].[O]=[Ti]. The average molecular weight is 217 g/mol. The molecule has 3 nitrogen and oxygen atoms in total. The molecule has 0 bridgehead atoms. The van der Waals surface area contributed by atoms with Gasteiger partial charge >= 0.3 is 68.0 Å². The maximum absolute atomic E-state index is 8.30. The van der Waals surface area contributed by atoms with E-state index in [4.69, 9.17) is 10.4 Å². The van der Waals surface area contributed by atoms with Crippen molar-refractivity contribution in [1.82, 2.24) is 0 Å². The zero-order valence-corrected chi connectivity index (χ0v) is 8.05. The van der Waals surface area contributed by atoms with Gasteiger partial charge in [0.05, 0.1) is 0 Å². The molecule has 0 aliphatic heterocycles. The summed E-state index contributed by atoms with van der Waals surface area (Å²) in [6, 6.07) is 0. The van der Waals surface area contributed by atoms with E-state index in [1.807, 2.05) is 0 Å². The van der Waals surface area contributed by atoms with Crippen molar-refractivity contribution in [2.75, 3.05) is 0 Å². The molecule has 6 heteroatoms. The maximum atomic E-state index is 8.30. The molecule has 0 aliphatic rings. The van der Waals surface area contributed by atoms with E-state index in [0.717, 1.165) is 20.4 Å². The zero-order chi connectivity index (χ0) is 6.00. The molecular weight excluding hydrogens is 216 g/mol. The summed E-state index contributed by atoms with van der Waals surface area (Å²) in [6.07, 6.45) is 0. The third-order valence-corrected chi connectivity index (χ3v) is 0. The van der Waals surface area contributed by atoms with Gasteiger partial charge in [-0.2, -0.15) is 0 Å². The second-order valence-corrected chi connectivity index (χ2v) is 0. The number of hydrogen-bond donors (Lipinski definition) is 0. The van der Waals surface area contributed by atoms with Crippen LogP contribution in [0.2, 0.25) is 0 Å². The summed E-state index contributed by atoms with van der Waals surface area (Å²) in [4.78, 5) is 0. The second-order valence-electron chi connectivity index (χ2n) is 0. The molecule has 0 saturated carbocycles. The molecule has 0 rings (SSSR count). The first-order valence-corrected chi connectivity index (χ1v) is 2.79. The topological polar surface area (TPSA) is 51.2 Å². The van der Waals surface area contributed by atoms with Gasteiger partial charge in [0.1, 0.15) is 0 Å². The minimum atomic E-state index is 0.500. The van der Waals surface area contributed by atoms with Gasteiger partial charge in [0, 0.05) is 0 Å². The summed E-state index contributed by atoms with van der Waals surface area (Å²) in [6.45, 7) is 0. The van der Waals surface area contributed by atoms with E-state index in [0.29, 0.717) is 37.3 Å². The first-order valence-electron chi connectivity index (χ1n) is 0.675. The average Bonchev–Trinajstić information content (AvgIpc) is 1.81. The molecular formula is HAlNbO3Ti. The van der Waals surface area contributed by atoms with Crippen molar-refractivity contribution < 1.29 is 51.8 Å². The van der Waals surface area contributed by atoms with E-state index < -0.39 is 0 Å². The molecule has 0 fully saturated rings. The first-order chi connectivity index (χ1) is 3.00. The number of rotatable bonds is 0. The second kappa shape index (κ2) is 96.3. The van der Waals surface area contributed by atoms with Crippen LogP contribution in [0.5, 0.6) is 0 Å². The van der Waals surface area contributed by atoms with Crippen molar-refractivity contribution in [2.45, 2.75) is 0 Å². The molecule has 0 aromatic carbocycles. The molecule has 0 spiro atoms. The summed E-state index contributed by atoms with van der Waals surface area (Å²) in [7, 11) is 0. The van der Waals surface area contributed by atoms with Crippen molar-refractivity contribution in [1.29, 1.82) is 0 Å². The van der Waals surface area contributed by atoms with Gasteiger partial charge in [-0.15, -0.1) is 0 Å². The van der Waals surface area contributed by atoms with Crippen LogP contribution in [0.15, 0.2) is 0 Å². The molecule has 0 heterocycles. The van der Waals surface area contributed by atoms with Gasteiger partial charge < -0.3 is 0 Å². The van der Waals surface area contributed by atoms with Crippen molar-refractivity contribution in [2.24, 2.45) is 0 Å². The summed E-state index contributed by atoms with van der Waals surface area (Å²) in [5.41, 5.74) is 0. The van der Waals surface area contributed by atoms with Gasteiger partial charge in [-0.05, 0) is 0 Å². The molecule has 0 amide bonds. The standard InChI is InChI=1S/Al.Nb.3O.Ti.H. The van der Waals surface area contributed by atoms with Crippen LogP contribution in [0.4, 0.5) is 0 Å². The van der Waals surface area contributed by atoms with Crippen molar-refractivity contribution in [3.63, 3.8) is 0 Å². The van der Waals surface area contributed by atoms with Gasteiger partial charge in [0.15, 0.2) is 0 Å². The van der Waals surface area contributed by atoms with Crippen LogP contribution in [0.25, 0.3) is 0 Å². The summed E-state index contributed by atoms with van der Waals surface area (Å²) in [5.74, 6) is 0. The predicted octanol–water partition coefficient (Wildman–Crippen LogP) is -1.01. The molecule has 0 atom stereocenters. The third-order valence-electron chi connectivity index (χ3n) is 0. The van der Waals surface area contributed by atoms with Crippen molar-refractivity contribution in [3.8, 4) is 0 Å². The zero-order valence-electron chi connectivity index (χ0n) is 2.88. The fourth-order valence-electron chi connectivity index (χ4n) is 0. The van der Waals surface area contributed by atoms with Crippen molar-refractivity contribution in [3.05, 3.63) is 0 Å². The van der Waals surface area contributed by atoms with Crippen LogP contribution >= 0.6 is 0 Å². The van der Waals surface area contributed by atoms with Crippen LogP contribution < -0.4 is 0 Å². The molecule has 0 radical (unpaired) electrons. The Kier molecular flexibility index (Phi) is 251. The fourth-order valence-corrected chi connectivity index (χ4v) is 0. The van der Waals surface area contributed by atoms with Gasteiger partial charge in [-0.25, -0.2) is 0 Å². The Morgan fingerprint density at radius 2 is 1.17 bits per heavy atom. The normalized spacial score (nSPS) is 1.50. The van der Waals surface area contributed by atoms with Gasteiger partial charge in [0.2, 0.25) is 0 Å². The Bertz CT molecular complexity index is 15.5. The summed E-state index contributed by atoms with van der Waals surface area (Å²) >= 11 is 1.86. The Labute approximate surface area is 67.5 Å². The van der Waals surface area contributed by atoms with Crippen LogP contribution in [0.3, 0.4) is 0 Å². The monoisotopic (exact) mass is 217 g/mol. The quantitative estimate of drug-likeness (QED) is 0.488. The van der Waals surface area contributed by atoms with Crippen molar-refractivity contribution >= 4 is 16.2 Å². The molecule has 0 saturated heterocycles.